The molecule has 2 fully saturated rings. The first-order valence-electron chi connectivity index (χ1n) is 13.0. The van der Waals surface area contributed by atoms with Gasteiger partial charge < -0.3 is 30.1 Å². The number of carboxylic acid groups (broad SMARTS) is 1. The Bertz CT molecular complexity index is 1440. The number of rotatable bonds is 4. The summed E-state index contributed by atoms with van der Waals surface area (Å²) >= 11 is 0. The van der Waals surface area contributed by atoms with Crippen LogP contribution in [0.3, 0.4) is 0 Å². The van der Waals surface area contributed by atoms with Gasteiger partial charge in [-0.1, -0.05) is 6.07 Å². The van der Waals surface area contributed by atoms with Crippen molar-refractivity contribution < 1.29 is 18.7 Å². The molecule has 202 valence electrons. The van der Waals surface area contributed by atoms with Gasteiger partial charge in [0.05, 0.1) is 22.6 Å². The van der Waals surface area contributed by atoms with Crippen LogP contribution in [0.5, 0.6) is 0 Å². The second-order valence-electron chi connectivity index (χ2n) is 10.7. The predicted molar refractivity (Wildman–Crippen MR) is 145 cm³/mol. The lowest BCUT2D eigenvalue weighted by Crippen LogP contribution is -2.54. The van der Waals surface area contributed by atoms with Gasteiger partial charge in [0.15, 0.2) is 5.82 Å². The van der Waals surface area contributed by atoms with Crippen LogP contribution in [0.25, 0.3) is 16.6 Å². The molecule has 3 N–H and O–H groups in total. The predicted octanol–water partition coefficient (Wildman–Crippen LogP) is 3.34. The number of pyridine rings is 1. The van der Waals surface area contributed by atoms with Crippen LogP contribution in [0.15, 0.2) is 41.3 Å². The highest BCUT2D eigenvalue weighted by atomic mass is 19.1. The molecule has 0 saturated carbocycles. The van der Waals surface area contributed by atoms with Crippen LogP contribution in [-0.2, 0) is 0 Å². The van der Waals surface area contributed by atoms with Crippen LogP contribution in [0.4, 0.5) is 20.2 Å². The summed E-state index contributed by atoms with van der Waals surface area (Å²) in [6.07, 6.45) is 1.14. The molecule has 0 amide bonds. The van der Waals surface area contributed by atoms with Gasteiger partial charge in [-0.15, -0.1) is 0 Å². The van der Waals surface area contributed by atoms with Crippen LogP contribution in [-0.4, -0.2) is 66.0 Å². The van der Waals surface area contributed by atoms with Gasteiger partial charge in [-0.3, -0.25) is 4.79 Å². The maximum atomic E-state index is 16.2. The van der Waals surface area contributed by atoms with Crippen molar-refractivity contribution in [2.24, 2.45) is 0 Å². The summed E-state index contributed by atoms with van der Waals surface area (Å²) in [5.74, 6) is -2.62. The quantitative estimate of drug-likeness (QED) is 0.482. The number of hydrogen-bond donors (Lipinski definition) is 3. The number of hydrogen-bond acceptors (Lipinski definition) is 6. The highest BCUT2D eigenvalue weighted by Crippen LogP contribution is 2.32. The highest BCUT2D eigenvalue weighted by Gasteiger charge is 2.27. The zero-order valence-electron chi connectivity index (χ0n) is 22.0. The Morgan fingerprint density at radius 1 is 0.868 bits per heavy atom. The molecule has 2 aliphatic rings. The van der Waals surface area contributed by atoms with Crippen molar-refractivity contribution in [2.45, 2.75) is 51.9 Å². The molecule has 2 aliphatic heterocycles. The monoisotopic (exact) mass is 525 g/mol. The molecule has 5 rings (SSSR count). The maximum absolute atomic E-state index is 16.2. The average molecular weight is 526 g/mol. The lowest BCUT2D eigenvalue weighted by molar-refractivity contribution is 0.0695. The third-order valence-electron chi connectivity index (χ3n) is 7.32. The number of anilines is 2. The Kier molecular flexibility index (Phi) is 6.87. The first-order chi connectivity index (χ1) is 18.0. The van der Waals surface area contributed by atoms with Crippen LogP contribution in [0.2, 0.25) is 0 Å². The summed E-state index contributed by atoms with van der Waals surface area (Å²) in [4.78, 5) is 28.9. The molecular formula is C28H33F2N5O3. The summed E-state index contributed by atoms with van der Waals surface area (Å²) in [5, 5.41) is 16.5. The largest absolute Gasteiger partial charge is 0.477 e. The maximum Gasteiger partial charge on any atom is 0.341 e. The summed E-state index contributed by atoms with van der Waals surface area (Å²) in [6, 6.07) is 8.10. The van der Waals surface area contributed by atoms with E-state index in [-0.39, 0.29) is 46.4 Å². The second-order valence-corrected chi connectivity index (χ2v) is 10.7. The van der Waals surface area contributed by atoms with Gasteiger partial charge >= 0.3 is 5.97 Å². The third-order valence-corrected chi connectivity index (χ3v) is 7.32. The molecule has 38 heavy (non-hydrogen) atoms. The summed E-state index contributed by atoms with van der Waals surface area (Å²) in [6.45, 7) is 10.4. The fourth-order valence-corrected chi connectivity index (χ4v) is 5.91. The van der Waals surface area contributed by atoms with E-state index in [1.54, 1.807) is 18.2 Å². The Labute approximate surface area is 219 Å². The number of piperazine rings is 2. The smallest absolute Gasteiger partial charge is 0.341 e. The van der Waals surface area contributed by atoms with Gasteiger partial charge in [0.2, 0.25) is 5.43 Å². The molecule has 2 aromatic carbocycles. The normalized spacial score (nSPS) is 24.2. The molecule has 0 bridgehead atoms. The van der Waals surface area contributed by atoms with Gasteiger partial charge in [-0.2, -0.15) is 0 Å². The van der Waals surface area contributed by atoms with E-state index in [0.717, 1.165) is 12.3 Å². The standard InChI is InChI=1S/C28H33F2N5O3/c1-15-10-33(11-16(2)31-15)22-6-5-7-23(26(22)30)35-14-20(28(37)38)27(36)19-8-21(29)25(9-24(19)35)34-12-17(3)32-18(4)13-34/h5-9,14-18,31-32H,10-13H2,1-4H3,(H,37,38). The third kappa shape index (κ3) is 4.74. The number of aromatic carboxylic acids is 1. The van der Waals surface area contributed by atoms with Crippen LogP contribution in [0.1, 0.15) is 38.1 Å². The van der Waals surface area contributed by atoms with E-state index in [2.05, 4.69) is 10.6 Å². The zero-order valence-corrected chi connectivity index (χ0v) is 22.0. The van der Waals surface area contributed by atoms with Crippen molar-refractivity contribution in [3.05, 3.63) is 63.9 Å². The molecule has 0 aliphatic carbocycles. The number of nitrogens with zero attached hydrogens (tertiary/aromatic N) is 3. The molecular weight excluding hydrogens is 492 g/mol. The molecule has 0 radical (unpaired) electrons. The number of aromatic nitrogens is 1. The Morgan fingerprint density at radius 3 is 1.95 bits per heavy atom. The number of carbonyl (C=O) groups is 1. The minimum atomic E-state index is -1.46. The molecule has 10 heteroatoms. The van der Waals surface area contributed by atoms with Gasteiger partial charge in [-0.05, 0) is 52.0 Å². The van der Waals surface area contributed by atoms with Crippen molar-refractivity contribution >= 4 is 28.2 Å². The Balaban J connectivity index is 1.72. The Morgan fingerprint density at radius 2 is 1.39 bits per heavy atom. The van der Waals surface area contributed by atoms with E-state index in [9.17, 15) is 14.7 Å². The molecule has 0 spiro atoms. The van der Waals surface area contributed by atoms with Crippen molar-refractivity contribution in [3.8, 4) is 5.69 Å². The van der Waals surface area contributed by atoms with Gasteiger partial charge in [0, 0.05) is 61.9 Å². The first kappa shape index (κ1) is 26.1. The van der Waals surface area contributed by atoms with E-state index in [1.165, 1.54) is 10.6 Å². The fraction of sp³-hybridized carbons (Fsp3) is 0.429. The lowest BCUT2D eigenvalue weighted by Gasteiger charge is -2.38. The zero-order chi connectivity index (χ0) is 27.3. The van der Waals surface area contributed by atoms with Gasteiger partial charge in [0.25, 0.3) is 0 Å². The Hall–Kier alpha value is -3.50. The van der Waals surface area contributed by atoms with Gasteiger partial charge in [-0.25, -0.2) is 13.6 Å². The van der Waals surface area contributed by atoms with E-state index in [4.69, 9.17) is 0 Å². The molecule has 2 saturated heterocycles. The topological polar surface area (TPSA) is 89.8 Å². The number of nitrogens with one attached hydrogen (secondary N) is 2. The van der Waals surface area contributed by atoms with Crippen LogP contribution in [0, 0.1) is 11.6 Å². The minimum absolute atomic E-state index is 0.0912. The summed E-state index contributed by atoms with van der Waals surface area (Å²) < 4.78 is 33.0. The first-order valence-corrected chi connectivity index (χ1v) is 13.0. The summed E-state index contributed by atoms with van der Waals surface area (Å²) in [5.41, 5.74) is -0.351. The lowest BCUT2D eigenvalue weighted by atomic mass is 10.1. The summed E-state index contributed by atoms with van der Waals surface area (Å²) in [7, 11) is 0. The highest BCUT2D eigenvalue weighted by molar-refractivity contribution is 5.94. The van der Waals surface area contributed by atoms with Crippen LogP contribution < -0.4 is 25.9 Å². The van der Waals surface area contributed by atoms with Crippen molar-refractivity contribution in [2.75, 3.05) is 36.0 Å². The molecule has 4 unspecified atom stereocenters. The van der Waals surface area contributed by atoms with Crippen LogP contribution >= 0.6 is 0 Å². The SMILES string of the molecule is CC1CN(c2cc3c(cc2F)c(=O)c(C(=O)O)cn3-c2cccc(N3CC(C)NC(C)C3)c2F)CC(C)N1. The molecule has 3 heterocycles. The van der Waals surface area contributed by atoms with E-state index in [0.29, 0.717) is 31.9 Å². The van der Waals surface area contributed by atoms with E-state index >= 15 is 8.78 Å². The minimum Gasteiger partial charge on any atom is -0.477 e. The number of halogens is 2. The average Bonchev–Trinajstić information content (AvgIpc) is 2.83. The van der Waals surface area contributed by atoms with Gasteiger partial charge in [0.1, 0.15) is 11.4 Å². The van der Waals surface area contributed by atoms with Crippen molar-refractivity contribution in [3.63, 3.8) is 0 Å². The molecule has 3 aromatic rings. The van der Waals surface area contributed by atoms with E-state index in [1.807, 2.05) is 37.5 Å². The fourth-order valence-electron chi connectivity index (χ4n) is 5.91. The number of fused-ring (bicyclic) bond motifs is 1. The van der Waals surface area contributed by atoms with Crippen molar-refractivity contribution in [1.82, 2.24) is 15.2 Å². The molecule has 8 nitrogen and oxygen atoms in total. The molecule has 1 aromatic heterocycles. The second kappa shape index (κ2) is 9.99. The van der Waals surface area contributed by atoms with Crippen molar-refractivity contribution in [1.29, 1.82) is 0 Å². The number of benzene rings is 2. The molecule has 4 atom stereocenters. The van der Waals surface area contributed by atoms with E-state index < -0.39 is 28.6 Å². The number of carboxylic acids is 1.